The van der Waals surface area contributed by atoms with Gasteiger partial charge in [0.15, 0.2) is 0 Å². The lowest BCUT2D eigenvalue weighted by Crippen LogP contribution is -2.45. The molecule has 0 amide bonds. The molecule has 0 radical (unpaired) electrons. The second-order valence-electron chi connectivity index (χ2n) is 8.90. The molecule has 4 aromatic rings. The lowest BCUT2D eigenvalue weighted by Gasteiger charge is -2.32. The Balaban J connectivity index is 1.38. The Bertz CT molecular complexity index is 1240. The van der Waals surface area contributed by atoms with Gasteiger partial charge in [-0.05, 0) is 30.8 Å². The van der Waals surface area contributed by atoms with E-state index in [1.165, 1.54) is 21.9 Å². The van der Waals surface area contributed by atoms with Gasteiger partial charge in [0.25, 0.3) is 0 Å². The van der Waals surface area contributed by atoms with Crippen molar-refractivity contribution in [1.82, 2.24) is 14.4 Å². The molecule has 1 unspecified atom stereocenters. The highest BCUT2D eigenvalue weighted by atomic mass is 16.5. The molecule has 1 aromatic heterocycles. The molecule has 2 aliphatic heterocycles. The van der Waals surface area contributed by atoms with Crippen molar-refractivity contribution in [3.8, 4) is 11.5 Å². The molecule has 0 N–H and O–H groups in total. The molecular weight excluding hydrogens is 398 g/mol. The highest BCUT2D eigenvalue weighted by molar-refractivity contribution is 6.13. The van der Waals surface area contributed by atoms with Gasteiger partial charge in [-0.3, -0.25) is 4.90 Å². The SMILES string of the molecule is CN1CCN(CCOc2cccc3c2c2cccc4c2n3C(c2ccccc2)CO4)CC1. The van der Waals surface area contributed by atoms with Gasteiger partial charge in [0.2, 0.25) is 0 Å². The van der Waals surface area contributed by atoms with Crippen LogP contribution >= 0.6 is 0 Å². The predicted octanol–water partition coefficient (Wildman–Crippen LogP) is 4.40. The summed E-state index contributed by atoms with van der Waals surface area (Å²) in [4.78, 5) is 4.88. The summed E-state index contributed by atoms with van der Waals surface area (Å²) in [5, 5.41) is 2.39. The first-order chi connectivity index (χ1) is 15.8. The van der Waals surface area contributed by atoms with Gasteiger partial charge in [-0.2, -0.15) is 0 Å². The summed E-state index contributed by atoms with van der Waals surface area (Å²) in [5.41, 5.74) is 3.64. The number of ether oxygens (including phenoxy) is 2. The Labute approximate surface area is 188 Å². The average Bonchev–Trinajstić information content (AvgIpc) is 3.18. The van der Waals surface area contributed by atoms with Crippen LogP contribution in [0.3, 0.4) is 0 Å². The summed E-state index contributed by atoms with van der Waals surface area (Å²) in [6.07, 6.45) is 0. The lowest BCUT2D eigenvalue weighted by atomic mass is 10.1. The van der Waals surface area contributed by atoms with Gasteiger partial charge >= 0.3 is 0 Å². The van der Waals surface area contributed by atoms with E-state index in [1.54, 1.807) is 0 Å². The number of hydrogen-bond donors (Lipinski definition) is 0. The summed E-state index contributed by atoms with van der Waals surface area (Å²) in [6.45, 7) is 6.79. The van der Waals surface area contributed by atoms with Crippen LogP contribution in [0.1, 0.15) is 11.6 Å². The Morgan fingerprint density at radius 2 is 1.72 bits per heavy atom. The molecule has 6 rings (SSSR count). The number of para-hydroxylation sites is 1. The Morgan fingerprint density at radius 3 is 2.56 bits per heavy atom. The monoisotopic (exact) mass is 427 g/mol. The Morgan fingerprint density at radius 1 is 0.906 bits per heavy atom. The minimum absolute atomic E-state index is 0.145. The van der Waals surface area contributed by atoms with Crippen LogP contribution in [0.2, 0.25) is 0 Å². The zero-order valence-electron chi connectivity index (χ0n) is 18.5. The smallest absolute Gasteiger partial charge is 0.143 e. The molecule has 3 heterocycles. The Hall–Kier alpha value is -3.02. The molecule has 0 aliphatic carbocycles. The van der Waals surface area contributed by atoms with Crippen molar-refractivity contribution in [3.05, 3.63) is 72.3 Å². The van der Waals surface area contributed by atoms with Crippen molar-refractivity contribution in [3.63, 3.8) is 0 Å². The van der Waals surface area contributed by atoms with Crippen LogP contribution in [0, 0.1) is 0 Å². The predicted molar refractivity (Wildman–Crippen MR) is 129 cm³/mol. The number of likely N-dealkylation sites (N-methyl/N-ethyl adjacent to an activating group) is 1. The molecule has 1 fully saturated rings. The van der Waals surface area contributed by atoms with E-state index in [1.807, 2.05) is 0 Å². The summed E-state index contributed by atoms with van der Waals surface area (Å²) < 4.78 is 15.1. The fraction of sp³-hybridized carbons (Fsp3) is 0.333. The molecule has 3 aromatic carbocycles. The van der Waals surface area contributed by atoms with Gasteiger partial charge in [0.1, 0.15) is 24.7 Å². The molecule has 0 bridgehead atoms. The van der Waals surface area contributed by atoms with E-state index in [9.17, 15) is 0 Å². The maximum atomic E-state index is 6.41. The van der Waals surface area contributed by atoms with Crippen LogP contribution in [-0.4, -0.2) is 67.4 Å². The van der Waals surface area contributed by atoms with Gasteiger partial charge in [0, 0.05) is 43.5 Å². The number of hydrogen-bond acceptors (Lipinski definition) is 4. The van der Waals surface area contributed by atoms with Crippen molar-refractivity contribution in [2.75, 3.05) is 53.0 Å². The number of piperazine rings is 1. The van der Waals surface area contributed by atoms with Gasteiger partial charge in [0.05, 0.1) is 17.1 Å². The molecule has 0 spiro atoms. The fourth-order valence-electron chi connectivity index (χ4n) is 5.16. The van der Waals surface area contributed by atoms with Crippen LogP contribution < -0.4 is 9.47 Å². The third-order valence-corrected chi connectivity index (χ3v) is 6.93. The number of benzene rings is 3. The molecule has 1 atom stereocenters. The van der Waals surface area contributed by atoms with E-state index in [-0.39, 0.29) is 6.04 Å². The number of nitrogens with zero attached hydrogens (tertiary/aromatic N) is 3. The van der Waals surface area contributed by atoms with E-state index >= 15 is 0 Å². The van der Waals surface area contributed by atoms with Gasteiger partial charge in [-0.15, -0.1) is 0 Å². The van der Waals surface area contributed by atoms with E-state index in [0.29, 0.717) is 13.2 Å². The summed E-state index contributed by atoms with van der Waals surface area (Å²) >= 11 is 0. The van der Waals surface area contributed by atoms with Crippen molar-refractivity contribution < 1.29 is 9.47 Å². The molecule has 0 saturated carbocycles. The largest absolute Gasteiger partial charge is 0.492 e. The first-order valence-corrected chi connectivity index (χ1v) is 11.6. The molecular formula is C27H29N3O2. The molecule has 5 heteroatoms. The highest BCUT2D eigenvalue weighted by Crippen LogP contribution is 2.44. The zero-order valence-corrected chi connectivity index (χ0v) is 18.5. The van der Waals surface area contributed by atoms with Crippen LogP contribution in [0.4, 0.5) is 0 Å². The van der Waals surface area contributed by atoms with Crippen molar-refractivity contribution in [2.45, 2.75) is 6.04 Å². The normalized spacial score (nSPS) is 19.3. The van der Waals surface area contributed by atoms with Crippen LogP contribution in [-0.2, 0) is 0 Å². The first-order valence-electron chi connectivity index (χ1n) is 11.6. The van der Waals surface area contributed by atoms with E-state index in [4.69, 9.17) is 9.47 Å². The fourth-order valence-corrected chi connectivity index (χ4v) is 5.16. The standard InChI is InChI=1S/C27H29N3O2/c1-28-13-15-29(16-14-28)17-18-31-24-11-6-10-22-26(24)21-9-5-12-25-27(21)30(22)23(19-32-25)20-7-3-2-4-8-20/h2-12,23H,13-19H2,1H3. The highest BCUT2D eigenvalue weighted by Gasteiger charge is 2.28. The van der Waals surface area contributed by atoms with Crippen LogP contribution in [0.15, 0.2) is 66.7 Å². The molecule has 2 aliphatic rings. The van der Waals surface area contributed by atoms with E-state index in [2.05, 4.69) is 88.1 Å². The first kappa shape index (κ1) is 19.6. The van der Waals surface area contributed by atoms with Crippen LogP contribution in [0.5, 0.6) is 11.5 Å². The third-order valence-electron chi connectivity index (χ3n) is 6.93. The maximum absolute atomic E-state index is 6.41. The third kappa shape index (κ3) is 3.33. The second kappa shape index (κ2) is 8.15. The zero-order chi connectivity index (χ0) is 21.5. The van der Waals surface area contributed by atoms with Crippen molar-refractivity contribution in [1.29, 1.82) is 0 Å². The average molecular weight is 428 g/mol. The molecule has 1 saturated heterocycles. The number of rotatable bonds is 5. The van der Waals surface area contributed by atoms with Gasteiger partial charge in [-0.25, -0.2) is 0 Å². The minimum Gasteiger partial charge on any atom is -0.492 e. The van der Waals surface area contributed by atoms with Crippen molar-refractivity contribution in [2.24, 2.45) is 0 Å². The topological polar surface area (TPSA) is 29.9 Å². The molecule has 164 valence electrons. The quantitative estimate of drug-likeness (QED) is 0.472. The Kier molecular flexibility index (Phi) is 5.01. The summed E-state index contributed by atoms with van der Waals surface area (Å²) in [7, 11) is 2.19. The lowest BCUT2D eigenvalue weighted by molar-refractivity contribution is 0.134. The van der Waals surface area contributed by atoms with Crippen LogP contribution in [0.25, 0.3) is 21.8 Å². The van der Waals surface area contributed by atoms with Gasteiger partial charge in [-0.1, -0.05) is 48.5 Å². The number of fused-ring (bicyclic) bond motifs is 3. The number of aromatic nitrogens is 1. The minimum atomic E-state index is 0.145. The second-order valence-corrected chi connectivity index (χ2v) is 8.90. The maximum Gasteiger partial charge on any atom is 0.143 e. The molecule has 32 heavy (non-hydrogen) atoms. The van der Waals surface area contributed by atoms with E-state index in [0.717, 1.165) is 49.7 Å². The van der Waals surface area contributed by atoms with E-state index < -0.39 is 0 Å². The van der Waals surface area contributed by atoms with Crippen molar-refractivity contribution >= 4 is 21.8 Å². The molecule has 5 nitrogen and oxygen atoms in total. The van der Waals surface area contributed by atoms with Gasteiger partial charge < -0.3 is 18.9 Å². The summed E-state index contributed by atoms with van der Waals surface area (Å²) in [5.74, 6) is 1.92. The summed E-state index contributed by atoms with van der Waals surface area (Å²) in [6, 6.07) is 23.6.